The van der Waals surface area contributed by atoms with Gasteiger partial charge in [0.05, 0.1) is 0 Å². The Hall–Kier alpha value is -0.160. The van der Waals surface area contributed by atoms with Crippen LogP contribution < -0.4 is 5.32 Å². The van der Waals surface area contributed by atoms with Gasteiger partial charge >= 0.3 is 0 Å². The van der Waals surface area contributed by atoms with E-state index in [2.05, 4.69) is 5.32 Å². The van der Waals surface area contributed by atoms with Gasteiger partial charge in [-0.2, -0.15) is 0 Å². The Morgan fingerprint density at radius 2 is 1.64 bits per heavy atom. The van der Waals surface area contributed by atoms with Gasteiger partial charge in [-0.05, 0) is 32.9 Å². The normalized spacial score (nSPS) is 15.9. The van der Waals surface area contributed by atoms with Crippen LogP contribution in [0.15, 0.2) is 0 Å². The van der Waals surface area contributed by atoms with Crippen molar-refractivity contribution in [2.45, 2.75) is 45.6 Å². The molecule has 0 aromatic carbocycles. The molecule has 0 aliphatic heterocycles. The monoisotopic (exact) mass is 204 g/mol. The summed E-state index contributed by atoms with van der Waals surface area (Å²) in [6.07, 6.45) is 1.18. The van der Waals surface area contributed by atoms with Crippen molar-refractivity contribution in [3.63, 3.8) is 0 Å². The molecule has 0 fully saturated rings. The van der Waals surface area contributed by atoms with Crippen LogP contribution in [0.3, 0.4) is 0 Å². The summed E-state index contributed by atoms with van der Waals surface area (Å²) in [5.74, 6) is 0. The second kappa shape index (κ2) is 8.17. The Bertz CT molecular complexity index is 123. The first kappa shape index (κ1) is 13.8. The molecule has 2 unspecified atom stereocenters. The lowest BCUT2D eigenvalue weighted by Crippen LogP contribution is -2.43. The Kier molecular flexibility index (Phi) is 8.08. The molecule has 4 nitrogen and oxygen atoms in total. The van der Waals surface area contributed by atoms with Crippen LogP contribution in [-0.2, 0) is 0 Å². The maximum atomic E-state index is 9.66. The molecule has 4 heteroatoms. The first-order valence-corrected chi connectivity index (χ1v) is 5.43. The molecule has 0 amide bonds. The molecule has 2 atom stereocenters. The van der Waals surface area contributed by atoms with Gasteiger partial charge in [0.1, 0.15) is 12.5 Å². The molecule has 3 N–H and O–H groups in total. The molecular formula is C10H24N2O2. The molecule has 0 aromatic heterocycles. The first-order valence-electron chi connectivity index (χ1n) is 5.43. The van der Waals surface area contributed by atoms with Crippen LogP contribution in [0.2, 0.25) is 0 Å². The SMILES string of the molecule is CCC(O)N(CCCNC)C(O)CC. The number of hydrogen-bond donors (Lipinski definition) is 3. The van der Waals surface area contributed by atoms with Gasteiger partial charge in [0.2, 0.25) is 0 Å². The van der Waals surface area contributed by atoms with Crippen LogP contribution in [0.25, 0.3) is 0 Å². The van der Waals surface area contributed by atoms with Crippen molar-refractivity contribution in [1.29, 1.82) is 0 Å². The summed E-state index contributed by atoms with van der Waals surface area (Å²) in [4.78, 5) is 1.75. The number of aliphatic hydroxyl groups excluding tert-OH is 2. The van der Waals surface area contributed by atoms with E-state index in [4.69, 9.17) is 0 Å². The number of rotatable bonds is 8. The molecule has 0 saturated carbocycles. The Morgan fingerprint density at radius 1 is 1.14 bits per heavy atom. The van der Waals surface area contributed by atoms with Gasteiger partial charge in [-0.1, -0.05) is 13.8 Å². The van der Waals surface area contributed by atoms with Crippen molar-refractivity contribution >= 4 is 0 Å². The van der Waals surface area contributed by atoms with Crippen molar-refractivity contribution in [3.8, 4) is 0 Å². The summed E-state index contributed by atoms with van der Waals surface area (Å²) in [5.41, 5.74) is 0. The smallest absolute Gasteiger partial charge is 0.109 e. The maximum Gasteiger partial charge on any atom is 0.109 e. The van der Waals surface area contributed by atoms with Crippen LogP contribution in [0, 0.1) is 0 Å². The number of hydrogen-bond acceptors (Lipinski definition) is 4. The van der Waals surface area contributed by atoms with Crippen LogP contribution in [0.4, 0.5) is 0 Å². The second-order valence-corrected chi connectivity index (χ2v) is 3.47. The zero-order valence-corrected chi connectivity index (χ0v) is 9.53. The van der Waals surface area contributed by atoms with Crippen LogP contribution in [0.1, 0.15) is 33.1 Å². The molecule has 0 aromatic rings. The minimum absolute atomic E-state index is 0.526. The highest BCUT2D eigenvalue weighted by Gasteiger charge is 2.19. The van der Waals surface area contributed by atoms with Crippen molar-refractivity contribution in [1.82, 2.24) is 10.2 Å². The fourth-order valence-electron chi connectivity index (χ4n) is 1.40. The minimum Gasteiger partial charge on any atom is -0.378 e. The van der Waals surface area contributed by atoms with Crippen molar-refractivity contribution in [3.05, 3.63) is 0 Å². The number of aliphatic hydroxyl groups is 2. The molecule has 0 bridgehead atoms. The molecule has 0 radical (unpaired) electrons. The topological polar surface area (TPSA) is 55.7 Å². The van der Waals surface area contributed by atoms with Gasteiger partial charge in [-0.3, -0.25) is 4.90 Å². The lowest BCUT2D eigenvalue weighted by molar-refractivity contribution is -0.104. The van der Waals surface area contributed by atoms with E-state index < -0.39 is 12.5 Å². The highest BCUT2D eigenvalue weighted by molar-refractivity contribution is 4.64. The Morgan fingerprint density at radius 3 is 2.00 bits per heavy atom. The highest BCUT2D eigenvalue weighted by Crippen LogP contribution is 2.08. The van der Waals surface area contributed by atoms with E-state index in [1.807, 2.05) is 20.9 Å². The van der Waals surface area contributed by atoms with Crippen LogP contribution in [0.5, 0.6) is 0 Å². The second-order valence-electron chi connectivity index (χ2n) is 3.47. The highest BCUT2D eigenvalue weighted by atomic mass is 16.3. The van der Waals surface area contributed by atoms with E-state index in [1.165, 1.54) is 0 Å². The fourth-order valence-corrected chi connectivity index (χ4v) is 1.40. The number of nitrogens with zero attached hydrogens (tertiary/aromatic N) is 1. The summed E-state index contributed by atoms with van der Waals surface area (Å²) >= 11 is 0. The third-order valence-corrected chi connectivity index (χ3v) is 2.34. The summed E-state index contributed by atoms with van der Waals surface area (Å²) < 4.78 is 0. The van der Waals surface area contributed by atoms with E-state index in [-0.39, 0.29) is 0 Å². The zero-order chi connectivity index (χ0) is 11.0. The Labute approximate surface area is 86.9 Å². The van der Waals surface area contributed by atoms with Crippen molar-refractivity contribution < 1.29 is 10.2 Å². The third kappa shape index (κ3) is 4.91. The molecule has 0 heterocycles. The summed E-state index contributed by atoms with van der Waals surface area (Å²) in [6, 6.07) is 0. The van der Waals surface area contributed by atoms with E-state index >= 15 is 0 Å². The zero-order valence-electron chi connectivity index (χ0n) is 9.53. The summed E-state index contributed by atoms with van der Waals surface area (Å²) in [7, 11) is 1.90. The molecule has 14 heavy (non-hydrogen) atoms. The van der Waals surface area contributed by atoms with Gasteiger partial charge in [0, 0.05) is 6.54 Å². The lowest BCUT2D eigenvalue weighted by atomic mass is 10.2. The molecule has 0 aliphatic carbocycles. The quantitative estimate of drug-likeness (QED) is 0.394. The average Bonchev–Trinajstić information content (AvgIpc) is 2.22. The fraction of sp³-hybridized carbons (Fsp3) is 1.00. The average molecular weight is 204 g/mol. The van der Waals surface area contributed by atoms with E-state index in [9.17, 15) is 10.2 Å². The largest absolute Gasteiger partial charge is 0.378 e. The molecule has 86 valence electrons. The van der Waals surface area contributed by atoms with Gasteiger partial charge < -0.3 is 15.5 Å². The summed E-state index contributed by atoms with van der Waals surface area (Å²) in [5, 5.41) is 22.4. The van der Waals surface area contributed by atoms with Crippen LogP contribution >= 0.6 is 0 Å². The molecular weight excluding hydrogens is 180 g/mol. The minimum atomic E-state index is -0.526. The molecule has 0 rings (SSSR count). The number of nitrogens with one attached hydrogen (secondary N) is 1. The van der Waals surface area contributed by atoms with Crippen LogP contribution in [-0.4, -0.2) is 47.7 Å². The molecule has 0 saturated heterocycles. The van der Waals surface area contributed by atoms with Crippen molar-refractivity contribution in [2.75, 3.05) is 20.1 Å². The first-order chi connectivity index (χ1) is 6.67. The van der Waals surface area contributed by atoms with Gasteiger partial charge in [-0.25, -0.2) is 0 Å². The maximum absolute atomic E-state index is 9.66. The standard InChI is InChI=1S/C10H24N2O2/c1-4-9(13)12(10(14)5-2)8-6-7-11-3/h9-11,13-14H,4-8H2,1-3H3. The van der Waals surface area contributed by atoms with E-state index in [1.54, 1.807) is 4.90 Å². The Balaban J connectivity index is 3.97. The summed E-state index contributed by atoms with van der Waals surface area (Å²) in [6.45, 7) is 5.46. The van der Waals surface area contributed by atoms with Crippen molar-refractivity contribution in [2.24, 2.45) is 0 Å². The molecule has 0 aliphatic rings. The molecule has 0 spiro atoms. The van der Waals surface area contributed by atoms with E-state index in [0.717, 1.165) is 19.5 Å². The van der Waals surface area contributed by atoms with E-state index in [0.29, 0.717) is 12.8 Å². The van der Waals surface area contributed by atoms with Gasteiger partial charge in [-0.15, -0.1) is 0 Å². The lowest BCUT2D eigenvalue weighted by Gasteiger charge is -2.31. The van der Waals surface area contributed by atoms with Gasteiger partial charge in [0.25, 0.3) is 0 Å². The predicted octanol–water partition coefficient (Wildman–Crippen LogP) is 0.355. The third-order valence-electron chi connectivity index (χ3n) is 2.34. The predicted molar refractivity (Wildman–Crippen MR) is 57.8 cm³/mol. The van der Waals surface area contributed by atoms with Gasteiger partial charge in [0.15, 0.2) is 0 Å².